The van der Waals surface area contributed by atoms with Crippen molar-refractivity contribution in [3.63, 3.8) is 0 Å². The third-order valence-electron chi connectivity index (χ3n) is 3.59. The zero-order valence-electron chi connectivity index (χ0n) is 15.6. The van der Waals surface area contributed by atoms with Crippen LogP contribution in [0.1, 0.15) is 34.1 Å². The lowest BCUT2D eigenvalue weighted by atomic mass is 10.00. The molecule has 0 aromatic carbocycles. The summed E-state index contributed by atoms with van der Waals surface area (Å²) in [6, 6.07) is -3.36. The largest absolute Gasteiger partial charge is 0.480 e. The van der Waals surface area contributed by atoms with E-state index >= 15 is 0 Å². The molecule has 10 nitrogen and oxygen atoms in total. The number of aliphatic hydroxyl groups excluding tert-OH is 1. The maximum absolute atomic E-state index is 12.5. The fourth-order valence-electron chi connectivity index (χ4n) is 2.19. The number of carbonyl (C=O) groups is 4. The molecule has 0 aliphatic heterocycles. The number of amides is 3. The number of carboxylic acids is 1. The zero-order chi connectivity index (χ0) is 20.4. The first-order valence-corrected chi connectivity index (χ1v) is 8.47. The number of aliphatic hydroxyl groups is 1. The Labute approximate surface area is 152 Å². The highest BCUT2D eigenvalue weighted by atomic mass is 16.4. The quantitative estimate of drug-likeness (QED) is 0.247. The van der Waals surface area contributed by atoms with Crippen molar-refractivity contribution in [3.05, 3.63) is 0 Å². The van der Waals surface area contributed by atoms with Gasteiger partial charge in [0.1, 0.15) is 18.1 Å². The lowest BCUT2D eigenvalue weighted by Gasteiger charge is -2.25. The Bertz CT molecular complexity index is 509. The van der Waals surface area contributed by atoms with Gasteiger partial charge in [0, 0.05) is 0 Å². The number of nitrogens with two attached hydrogens (primary N) is 1. The average molecular weight is 374 g/mol. The van der Waals surface area contributed by atoms with Crippen molar-refractivity contribution in [2.45, 2.75) is 52.2 Å². The SMILES string of the molecule is CC(C)CC(NC(=O)C(CO)NC(=O)CN)C(=O)NC(C(=O)O)C(C)C. The number of aliphatic carboxylic acids is 1. The molecule has 0 saturated heterocycles. The van der Waals surface area contributed by atoms with Crippen molar-refractivity contribution in [2.75, 3.05) is 13.2 Å². The average Bonchev–Trinajstić information content (AvgIpc) is 2.54. The summed E-state index contributed by atoms with van der Waals surface area (Å²) in [5.74, 6) is -3.52. The van der Waals surface area contributed by atoms with Crippen molar-refractivity contribution in [3.8, 4) is 0 Å². The van der Waals surface area contributed by atoms with Crippen molar-refractivity contribution < 1.29 is 29.4 Å². The Morgan fingerprint density at radius 2 is 1.46 bits per heavy atom. The van der Waals surface area contributed by atoms with Gasteiger partial charge in [0.2, 0.25) is 17.7 Å². The van der Waals surface area contributed by atoms with Crippen LogP contribution in [0.15, 0.2) is 0 Å². The van der Waals surface area contributed by atoms with Gasteiger partial charge < -0.3 is 31.9 Å². The predicted molar refractivity (Wildman–Crippen MR) is 93.9 cm³/mol. The van der Waals surface area contributed by atoms with Crippen LogP contribution >= 0.6 is 0 Å². The van der Waals surface area contributed by atoms with Gasteiger partial charge in [-0.05, 0) is 18.3 Å². The lowest BCUT2D eigenvalue weighted by Crippen LogP contribution is -2.57. The van der Waals surface area contributed by atoms with E-state index in [1.807, 2.05) is 13.8 Å². The molecule has 0 aliphatic carbocycles. The first-order valence-electron chi connectivity index (χ1n) is 8.47. The highest BCUT2D eigenvalue weighted by Crippen LogP contribution is 2.08. The number of rotatable bonds is 11. The first kappa shape index (κ1) is 23.8. The summed E-state index contributed by atoms with van der Waals surface area (Å²) in [6.45, 7) is 5.96. The van der Waals surface area contributed by atoms with E-state index in [0.717, 1.165) is 0 Å². The van der Waals surface area contributed by atoms with Gasteiger partial charge in [0.15, 0.2) is 0 Å². The van der Waals surface area contributed by atoms with Crippen molar-refractivity contribution in [2.24, 2.45) is 17.6 Å². The minimum Gasteiger partial charge on any atom is -0.480 e. The normalized spacial score (nSPS) is 14.5. The van der Waals surface area contributed by atoms with Crippen LogP contribution in [0.4, 0.5) is 0 Å². The summed E-state index contributed by atoms with van der Waals surface area (Å²) < 4.78 is 0. The van der Waals surface area contributed by atoms with Crippen LogP contribution in [0.3, 0.4) is 0 Å². The molecular formula is C16H30N4O6. The molecule has 3 unspecified atom stereocenters. The first-order chi connectivity index (χ1) is 12.0. The maximum Gasteiger partial charge on any atom is 0.326 e. The molecule has 0 aromatic rings. The number of carboxylic acid groups (broad SMARTS) is 1. The molecule has 0 saturated carbocycles. The summed E-state index contributed by atoms with van der Waals surface area (Å²) in [5.41, 5.74) is 5.16. The number of hydrogen-bond acceptors (Lipinski definition) is 6. The molecule has 0 rings (SSSR count). The van der Waals surface area contributed by atoms with E-state index < -0.39 is 48.4 Å². The molecule has 3 amide bonds. The molecule has 0 aliphatic rings. The molecule has 7 N–H and O–H groups in total. The Hall–Kier alpha value is -2.20. The monoisotopic (exact) mass is 374 g/mol. The second kappa shape index (κ2) is 11.4. The molecule has 3 atom stereocenters. The van der Waals surface area contributed by atoms with E-state index in [9.17, 15) is 29.4 Å². The maximum atomic E-state index is 12.5. The van der Waals surface area contributed by atoms with Gasteiger partial charge in [-0.25, -0.2) is 4.79 Å². The fourth-order valence-corrected chi connectivity index (χ4v) is 2.19. The summed E-state index contributed by atoms with van der Waals surface area (Å²) in [5, 5.41) is 25.6. The fraction of sp³-hybridized carbons (Fsp3) is 0.750. The highest BCUT2D eigenvalue weighted by molar-refractivity contribution is 5.93. The molecule has 150 valence electrons. The van der Waals surface area contributed by atoms with Crippen molar-refractivity contribution in [1.82, 2.24) is 16.0 Å². The molecule has 10 heteroatoms. The predicted octanol–water partition coefficient (Wildman–Crippen LogP) is -1.82. The van der Waals surface area contributed by atoms with Gasteiger partial charge in [-0.15, -0.1) is 0 Å². The van der Waals surface area contributed by atoms with Crippen LogP contribution in [0, 0.1) is 11.8 Å². The Kier molecular flexibility index (Phi) is 10.5. The molecule has 0 radical (unpaired) electrons. The molecule has 0 heterocycles. The van der Waals surface area contributed by atoms with Gasteiger partial charge in [0.05, 0.1) is 13.2 Å². The van der Waals surface area contributed by atoms with E-state index in [0.29, 0.717) is 0 Å². The van der Waals surface area contributed by atoms with E-state index in [1.165, 1.54) is 0 Å². The van der Waals surface area contributed by atoms with Crippen LogP contribution in [-0.2, 0) is 19.2 Å². The third-order valence-corrected chi connectivity index (χ3v) is 3.59. The standard InChI is InChI=1S/C16H30N4O6/c1-8(2)5-10(14(23)20-13(9(3)4)16(25)26)19-15(24)11(7-21)18-12(22)6-17/h8-11,13,21H,5-7,17H2,1-4H3,(H,18,22)(H,19,24)(H,20,23)(H,25,26). The van der Waals surface area contributed by atoms with Gasteiger partial charge in [-0.3, -0.25) is 14.4 Å². The Morgan fingerprint density at radius 1 is 0.923 bits per heavy atom. The van der Waals surface area contributed by atoms with E-state index in [-0.39, 0.29) is 24.8 Å². The van der Waals surface area contributed by atoms with Crippen LogP contribution in [0.2, 0.25) is 0 Å². The smallest absolute Gasteiger partial charge is 0.326 e. The van der Waals surface area contributed by atoms with Gasteiger partial charge in [0.25, 0.3) is 0 Å². The lowest BCUT2D eigenvalue weighted by molar-refractivity contribution is -0.143. The van der Waals surface area contributed by atoms with E-state index in [2.05, 4.69) is 16.0 Å². The molecule has 0 aromatic heterocycles. The molecule has 26 heavy (non-hydrogen) atoms. The Morgan fingerprint density at radius 3 is 1.85 bits per heavy atom. The van der Waals surface area contributed by atoms with Crippen LogP contribution < -0.4 is 21.7 Å². The van der Waals surface area contributed by atoms with Gasteiger partial charge in [-0.2, -0.15) is 0 Å². The highest BCUT2D eigenvalue weighted by Gasteiger charge is 2.30. The zero-order valence-corrected chi connectivity index (χ0v) is 15.6. The van der Waals surface area contributed by atoms with Crippen molar-refractivity contribution >= 4 is 23.7 Å². The van der Waals surface area contributed by atoms with Gasteiger partial charge in [-0.1, -0.05) is 27.7 Å². The number of nitrogens with one attached hydrogen (secondary N) is 3. The molecular weight excluding hydrogens is 344 g/mol. The van der Waals surface area contributed by atoms with Crippen LogP contribution in [-0.4, -0.2) is 65.2 Å². The summed E-state index contributed by atoms with van der Waals surface area (Å²) in [4.78, 5) is 47.3. The summed E-state index contributed by atoms with van der Waals surface area (Å²) >= 11 is 0. The topological polar surface area (TPSA) is 171 Å². The summed E-state index contributed by atoms with van der Waals surface area (Å²) in [6.07, 6.45) is 0.255. The molecule has 0 fully saturated rings. The van der Waals surface area contributed by atoms with E-state index in [4.69, 9.17) is 5.73 Å². The number of hydrogen-bond donors (Lipinski definition) is 6. The van der Waals surface area contributed by atoms with Crippen molar-refractivity contribution in [1.29, 1.82) is 0 Å². The molecule has 0 bridgehead atoms. The minimum absolute atomic E-state index is 0.0274. The summed E-state index contributed by atoms with van der Waals surface area (Å²) in [7, 11) is 0. The molecule has 0 spiro atoms. The second-order valence-corrected chi connectivity index (χ2v) is 6.77. The Balaban J connectivity index is 5.17. The second-order valence-electron chi connectivity index (χ2n) is 6.77. The minimum atomic E-state index is -1.26. The van der Waals surface area contributed by atoms with Crippen LogP contribution in [0.25, 0.3) is 0 Å². The van der Waals surface area contributed by atoms with E-state index in [1.54, 1.807) is 13.8 Å². The van der Waals surface area contributed by atoms with Gasteiger partial charge >= 0.3 is 5.97 Å². The van der Waals surface area contributed by atoms with Crippen LogP contribution in [0.5, 0.6) is 0 Å². The number of carbonyl (C=O) groups excluding carboxylic acids is 3. The third kappa shape index (κ3) is 8.26.